The largest absolute Gasteiger partial charge is 0.493 e. The molecule has 0 saturated carbocycles. The fourth-order valence-corrected chi connectivity index (χ4v) is 3.37. The zero-order valence-corrected chi connectivity index (χ0v) is 18.2. The van der Waals surface area contributed by atoms with Crippen molar-refractivity contribution in [1.82, 2.24) is 6.15 Å². The second kappa shape index (κ2) is 11.8. The van der Waals surface area contributed by atoms with Gasteiger partial charge in [0.2, 0.25) is 0 Å². The first-order valence-corrected chi connectivity index (χ1v) is 10.1. The molecule has 162 valence electrons. The molecule has 3 rings (SSSR count). The molecule has 6 nitrogen and oxygen atoms in total. The minimum Gasteiger partial charge on any atom is -0.493 e. The van der Waals surface area contributed by atoms with Crippen molar-refractivity contribution in [2.45, 2.75) is 12.1 Å². The van der Waals surface area contributed by atoms with E-state index in [1.54, 1.807) is 19.2 Å². The molecule has 7 heteroatoms. The highest BCUT2D eigenvalue weighted by atomic mass is 35.5. The number of anilines is 1. The fourth-order valence-electron chi connectivity index (χ4n) is 3.13. The number of rotatable bonds is 9. The van der Waals surface area contributed by atoms with Crippen molar-refractivity contribution in [3.05, 3.63) is 89.5 Å². The molecular formula is C24H27ClN4O2. The Morgan fingerprint density at radius 3 is 2.29 bits per heavy atom. The summed E-state index contributed by atoms with van der Waals surface area (Å²) in [5.41, 5.74) is 9.47. The fraction of sp³-hybridized carbons (Fsp3) is 0.208. The average Bonchev–Trinajstić information content (AvgIpc) is 2.82. The van der Waals surface area contributed by atoms with Crippen LogP contribution < -0.4 is 26.7 Å². The third-order valence-corrected chi connectivity index (χ3v) is 5.04. The number of halogens is 1. The van der Waals surface area contributed by atoms with E-state index >= 15 is 0 Å². The SMILES string of the molecule is COc1cc(C(CN)Nc2ccc(C#N)cc2)ccc1OC(CCl)c1ccccc1.N. The molecule has 2 atom stereocenters. The van der Waals surface area contributed by atoms with Crippen LogP contribution in [0.25, 0.3) is 0 Å². The third-order valence-electron chi connectivity index (χ3n) is 4.76. The number of alkyl halides is 1. The van der Waals surface area contributed by atoms with Gasteiger partial charge in [-0.15, -0.1) is 11.6 Å². The van der Waals surface area contributed by atoms with Crippen molar-refractivity contribution in [2.75, 3.05) is 24.9 Å². The summed E-state index contributed by atoms with van der Waals surface area (Å²) in [5.74, 6) is 1.55. The molecule has 3 aromatic carbocycles. The summed E-state index contributed by atoms with van der Waals surface area (Å²) in [6.45, 7) is 0.387. The molecule has 2 unspecified atom stereocenters. The maximum atomic E-state index is 8.95. The van der Waals surface area contributed by atoms with Crippen molar-refractivity contribution in [2.24, 2.45) is 5.73 Å². The first-order valence-electron chi connectivity index (χ1n) is 9.60. The van der Waals surface area contributed by atoms with Crippen LogP contribution in [0.15, 0.2) is 72.8 Å². The van der Waals surface area contributed by atoms with E-state index in [9.17, 15) is 0 Å². The number of benzene rings is 3. The topological polar surface area (TPSA) is 115 Å². The molecule has 0 radical (unpaired) electrons. The molecule has 3 aromatic rings. The second-order valence-corrected chi connectivity index (χ2v) is 7.01. The minimum atomic E-state index is -0.283. The first-order chi connectivity index (χ1) is 14.7. The molecule has 0 bridgehead atoms. The van der Waals surface area contributed by atoms with Gasteiger partial charge in [-0.05, 0) is 47.5 Å². The van der Waals surface area contributed by atoms with Gasteiger partial charge in [-0.3, -0.25) is 0 Å². The minimum absolute atomic E-state index is 0. The Hall–Kier alpha value is -3.24. The summed E-state index contributed by atoms with van der Waals surface area (Å²) < 4.78 is 11.7. The van der Waals surface area contributed by atoms with Crippen molar-refractivity contribution in [1.29, 1.82) is 5.26 Å². The van der Waals surface area contributed by atoms with Crippen LogP contribution in [0.1, 0.15) is 28.8 Å². The number of hydrogen-bond donors (Lipinski definition) is 3. The zero-order chi connectivity index (χ0) is 21.3. The molecule has 0 aliphatic heterocycles. The summed E-state index contributed by atoms with van der Waals surface area (Å²) in [6, 6.07) is 24.8. The molecule has 0 saturated heterocycles. The number of nitrogens with two attached hydrogens (primary N) is 1. The summed E-state index contributed by atoms with van der Waals surface area (Å²) in [5, 5.41) is 12.3. The van der Waals surface area contributed by atoms with Gasteiger partial charge in [0.15, 0.2) is 11.5 Å². The summed E-state index contributed by atoms with van der Waals surface area (Å²) in [4.78, 5) is 0. The Labute approximate surface area is 188 Å². The smallest absolute Gasteiger partial charge is 0.162 e. The number of nitrogens with zero attached hydrogens (tertiary/aromatic N) is 1. The van der Waals surface area contributed by atoms with Crippen molar-refractivity contribution in [3.63, 3.8) is 0 Å². The molecule has 31 heavy (non-hydrogen) atoms. The van der Waals surface area contributed by atoms with Crippen LogP contribution in [0.2, 0.25) is 0 Å². The van der Waals surface area contributed by atoms with E-state index in [1.165, 1.54) is 0 Å². The highest BCUT2D eigenvalue weighted by Crippen LogP contribution is 2.34. The van der Waals surface area contributed by atoms with Gasteiger partial charge >= 0.3 is 0 Å². The van der Waals surface area contributed by atoms with Gasteiger partial charge in [-0.25, -0.2) is 0 Å². The predicted molar refractivity (Wildman–Crippen MR) is 125 cm³/mol. The van der Waals surface area contributed by atoms with Crippen LogP contribution in [0.4, 0.5) is 5.69 Å². The molecule has 0 spiro atoms. The maximum absolute atomic E-state index is 8.95. The second-order valence-electron chi connectivity index (χ2n) is 6.70. The lowest BCUT2D eigenvalue weighted by atomic mass is 10.1. The molecular weight excluding hydrogens is 412 g/mol. The highest BCUT2D eigenvalue weighted by Gasteiger charge is 2.17. The van der Waals surface area contributed by atoms with Gasteiger partial charge in [0, 0.05) is 12.2 Å². The van der Waals surface area contributed by atoms with Crippen LogP contribution in [0, 0.1) is 11.3 Å². The van der Waals surface area contributed by atoms with Crippen molar-refractivity contribution in [3.8, 4) is 17.6 Å². The zero-order valence-electron chi connectivity index (χ0n) is 17.4. The Balaban J connectivity index is 0.00000341. The standard InChI is InChI=1S/C24H24ClN3O2.H3N/c1-29-23-13-19(21(16-27)28-20-10-7-17(15-26)8-11-20)9-12-22(23)30-24(14-25)18-5-3-2-4-6-18;/h2-13,21,24,28H,14,16,27H2,1H3;1H3. The Morgan fingerprint density at radius 1 is 1.00 bits per heavy atom. The van der Waals surface area contributed by atoms with Gasteiger partial charge in [0.1, 0.15) is 6.10 Å². The molecule has 0 amide bonds. The van der Waals surface area contributed by atoms with E-state index in [4.69, 9.17) is 32.1 Å². The quantitative estimate of drug-likeness (QED) is 0.395. The molecule has 6 N–H and O–H groups in total. The monoisotopic (exact) mass is 438 g/mol. The maximum Gasteiger partial charge on any atom is 0.162 e. The van der Waals surface area contributed by atoms with Crippen LogP contribution in [0.3, 0.4) is 0 Å². The van der Waals surface area contributed by atoms with Gasteiger partial charge in [0.05, 0.1) is 30.7 Å². The lowest BCUT2D eigenvalue weighted by molar-refractivity contribution is 0.219. The predicted octanol–water partition coefficient (Wildman–Crippen LogP) is 5.20. The lowest BCUT2D eigenvalue weighted by Crippen LogP contribution is -2.20. The van der Waals surface area contributed by atoms with E-state index < -0.39 is 0 Å². The number of nitriles is 1. The van der Waals surface area contributed by atoms with Gasteiger partial charge in [0.25, 0.3) is 0 Å². The molecule has 0 aliphatic carbocycles. The van der Waals surface area contributed by atoms with Crippen molar-refractivity contribution >= 4 is 17.3 Å². The average molecular weight is 439 g/mol. The summed E-state index contributed by atoms with van der Waals surface area (Å²) in [6.07, 6.45) is -0.283. The van der Waals surface area contributed by atoms with Crippen molar-refractivity contribution < 1.29 is 9.47 Å². The van der Waals surface area contributed by atoms with Gasteiger partial charge < -0.3 is 26.7 Å². The first kappa shape index (κ1) is 24.0. The van der Waals surface area contributed by atoms with Crippen LogP contribution in [-0.2, 0) is 0 Å². The molecule has 0 heterocycles. The van der Waals surface area contributed by atoms with Crippen LogP contribution in [-0.4, -0.2) is 19.5 Å². The van der Waals surface area contributed by atoms with E-state index in [2.05, 4.69) is 11.4 Å². The lowest BCUT2D eigenvalue weighted by Gasteiger charge is -2.22. The Morgan fingerprint density at radius 2 is 1.71 bits per heavy atom. The normalized spacial score (nSPS) is 12.1. The van der Waals surface area contributed by atoms with Crippen LogP contribution >= 0.6 is 11.6 Å². The van der Waals surface area contributed by atoms with Crippen LogP contribution in [0.5, 0.6) is 11.5 Å². The number of ether oxygens (including phenoxy) is 2. The Bertz CT molecular complexity index is 991. The van der Waals surface area contributed by atoms with E-state index in [1.807, 2.05) is 60.7 Å². The van der Waals surface area contributed by atoms with E-state index in [0.29, 0.717) is 29.5 Å². The van der Waals surface area contributed by atoms with Gasteiger partial charge in [-0.2, -0.15) is 5.26 Å². The molecule has 0 fully saturated rings. The molecule has 0 aromatic heterocycles. The Kier molecular flexibility index (Phi) is 9.16. The van der Waals surface area contributed by atoms with E-state index in [-0.39, 0.29) is 18.3 Å². The number of nitrogens with one attached hydrogen (secondary N) is 1. The van der Waals surface area contributed by atoms with Gasteiger partial charge in [-0.1, -0.05) is 36.4 Å². The van der Waals surface area contributed by atoms with E-state index in [0.717, 1.165) is 16.8 Å². The summed E-state index contributed by atoms with van der Waals surface area (Å²) in [7, 11) is 1.61. The summed E-state index contributed by atoms with van der Waals surface area (Å²) >= 11 is 6.15. The third kappa shape index (κ3) is 6.12. The molecule has 0 aliphatic rings. The number of hydrogen-bond acceptors (Lipinski definition) is 6. The number of methoxy groups -OCH3 is 1. The highest BCUT2D eigenvalue weighted by molar-refractivity contribution is 6.18.